The van der Waals surface area contributed by atoms with Crippen LogP contribution in [0.25, 0.3) is 0 Å². The molecular weight excluding hydrogens is 584 g/mol. The second-order valence-corrected chi connectivity index (χ2v) is 11.4. The van der Waals surface area contributed by atoms with Crippen molar-refractivity contribution in [1.82, 2.24) is 4.90 Å². The SMILES string of the molecule is CCOCCOc1ccc([C@H]2[C@H](C(=O)O)[C@@H](c3ccc4c(c3)OCO4)CN2CC(=O)Nc2c(CC)cc(Cl)cc2CC)cc1. The minimum absolute atomic E-state index is 0.0110. The maximum absolute atomic E-state index is 13.7. The quantitative estimate of drug-likeness (QED) is 0.221. The molecule has 0 radical (unpaired) electrons. The van der Waals surface area contributed by atoms with E-state index in [1.54, 1.807) is 0 Å². The Balaban J connectivity index is 1.45. The molecule has 3 aromatic carbocycles. The van der Waals surface area contributed by atoms with Crippen LogP contribution in [0.15, 0.2) is 54.6 Å². The molecule has 2 aliphatic rings. The number of fused-ring (bicyclic) bond motifs is 1. The Morgan fingerprint density at radius 2 is 1.64 bits per heavy atom. The summed E-state index contributed by atoms with van der Waals surface area (Å²) in [5, 5.41) is 14.4. The minimum atomic E-state index is -0.933. The molecule has 0 spiro atoms. The van der Waals surface area contributed by atoms with Crippen molar-refractivity contribution in [3.63, 3.8) is 0 Å². The summed E-state index contributed by atoms with van der Waals surface area (Å²) < 4.78 is 22.2. The van der Waals surface area contributed by atoms with Crippen molar-refractivity contribution < 1.29 is 33.6 Å². The third-order valence-corrected chi connectivity index (χ3v) is 8.49. The predicted octanol–water partition coefficient (Wildman–Crippen LogP) is 6.09. The molecule has 0 bridgehead atoms. The first-order valence-electron chi connectivity index (χ1n) is 15.1. The number of hydrogen-bond acceptors (Lipinski definition) is 7. The molecule has 10 heteroatoms. The van der Waals surface area contributed by atoms with Gasteiger partial charge in [-0.2, -0.15) is 0 Å². The molecule has 1 fully saturated rings. The average Bonchev–Trinajstić information content (AvgIpc) is 3.64. The van der Waals surface area contributed by atoms with Crippen molar-refractivity contribution in [1.29, 1.82) is 0 Å². The lowest BCUT2D eigenvalue weighted by Gasteiger charge is -2.27. The first-order chi connectivity index (χ1) is 21.3. The lowest BCUT2D eigenvalue weighted by molar-refractivity contribution is -0.143. The van der Waals surface area contributed by atoms with E-state index in [2.05, 4.69) is 5.32 Å². The highest BCUT2D eigenvalue weighted by Crippen LogP contribution is 2.48. The van der Waals surface area contributed by atoms with Crippen LogP contribution >= 0.6 is 11.6 Å². The van der Waals surface area contributed by atoms with Gasteiger partial charge in [0.25, 0.3) is 0 Å². The Morgan fingerprint density at radius 1 is 0.955 bits per heavy atom. The van der Waals surface area contributed by atoms with Crippen molar-refractivity contribution in [3.8, 4) is 17.2 Å². The molecule has 1 saturated heterocycles. The van der Waals surface area contributed by atoms with Gasteiger partial charge < -0.3 is 29.4 Å². The number of carboxylic acid groups (broad SMARTS) is 1. The second kappa shape index (κ2) is 14.3. The number of nitrogens with zero attached hydrogens (tertiary/aromatic N) is 1. The van der Waals surface area contributed by atoms with E-state index < -0.39 is 23.8 Å². The fraction of sp³-hybridized carbons (Fsp3) is 0.412. The maximum Gasteiger partial charge on any atom is 0.309 e. The standard InChI is InChI=1S/C34H39ClN2O7/c1-4-21-15-25(35)16-22(5-2)32(21)36-30(38)19-37-18-27(24-9-12-28-29(17-24)44-20-43-28)31(34(39)40)33(37)23-7-10-26(11-8-23)42-14-13-41-6-3/h7-12,15-17,27,31,33H,4-6,13-14,18-20H2,1-3H3,(H,36,38)(H,39,40)/t27-,31-,33+/m1/s1. The number of ether oxygens (including phenoxy) is 4. The molecule has 44 heavy (non-hydrogen) atoms. The van der Waals surface area contributed by atoms with Crippen LogP contribution in [0.2, 0.25) is 5.02 Å². The van der Waals surface area contributed by atoms with Crippen molar-refractivity contribution in [2.75, 3.05) is 45.0 Å². The number of carbonyl (C=O) groups excluding carboxylic acids is 1. The number of amides is 1. The zero-order chi connectivity index (χ0) is 31.2. The molecule has 1 amide bonds. The normalized spacial score (nSPS) is 19.2. The number of likely N-dealkylation sites (tertiary alicyclic amines) is 1. The Hall–Kier alpha value is -3.79. The first kappa shape index (κ1) is 31.6. The van der Waals surface area contributed by atoms with E-state index in [9.17, 15) is 14.7 Å². The molecular formula is C34H39ClN2O7. The van der Waals surface area contributed by atoms with Crippen molar-refractivity contribution in [2.24, 2.45) is 5.92 Å². The molecule has 2 N–H and O–H groups in total. The van der Waals surface area contributed by atoms with Crippen LogP contribution in [0.4, 0.5) is 5.69 Å². The number of carbonyl (C=O) groups is 2. The molecule has 0 unspecified atom stereocenters. The van der Waals surface area contributed by atoms with Crippen LogP contribution in [0.5, 0.6) is 17.2 Å². The number of aliphatic carboxylic acids is 1. The summed E-state index contributed by atoms with van der Waals surface area (Å²) in [5.74, 6) is -0.472. The van der Waals surface area contributed by atoms with E-state index >= 15 is 0 Å². The van der Waals surface area contributed by atoms with Gasteiger partial charge in [-0.3, -0.25) is 14.5 Å². The Morgan fingerprint density at radius 3 is 2.30 bits per heavy atom. The summed E-state index contributed by atoms with van der Waals surface area (Å²) in [6, 6.07) is 16.2. The van der Waals surface area contributed by atoms with Gasteiger partial charge in [-0.25, -0.2) is 0 Å². The van der Waals surface area contributed by atoms with Gasteiger partial charge >= 0.3 is 5.97 Å². The summed E-state index contributed by atoms with van der Waals surface area (Å²) in [6.45, 7) is 7.99. The number of hydrogen-bond donors (Lipinski definition) is 2. The number of anilines is 1. The minimum Gasteiger partial charge on any atom is -0.491 e. The van der Waals surface area contributed by atoms with Crippen molar-refractivity contribution >= 4 is 29.2 Å². The fourth-order valence-corrected chi connectivity index (χ4v) is 6.47. The summed E-state index contributed by atoms with van der Waals surface area (Å²) in [6.07, 6.45) is 1.42. The van der Waals surface area contributed by atoms with Gasteiger partial charge in [0.15, 0.2) is 11.5 Å². The van der Waals surface area contributed by atoms with E-state index in [4.69, 9.17) is 30.5 Å². The number of carboxylic acids is 1. The van der Waals surface area contributed by atoms with Crippen LogP contribution in [0.3, 0.4) is 0 Å². The lowest BCUT2D eigenvalue weighted by Crippen LogP contribution is -2.35. The molecule has 0 saturated carbocycles. The van der Waals surface area contributed by atoms with E-state index in [-0.39, 0.29) is 19.2 Å². The molecule has 2 heterocycles. The van der Waals surface area contributed by atoms with Gasteiger partial charge in [0.05, 0.1) is 19.1 Å². The highest BCUT2D eigenvalue weighted by molar-refractivity contribution is 6.30. The highest BCUT2D eigenvalue weighted by atomic mass is 35.5. The summed E-state index contributed by atoms with van der Waals surface area (Å²) in [5.41, 5.74) is 4.31. The van der Waals surface area contributed by atoms with E-state index in [1.165, 1.54) is 0 Å². The smallest absolute Gasteiger partial charge is 0.309 e. The third kappa shape index (κ3) is 6.96. The van der Waals surface area contributed by atoms with Crippen LogP contribution in [0, 0.1) is 5.92 Å². The highest BCUT2D eigenvalue weighted by Gasteiger charge is 2.48. The zero-order valence-corrected chi connectivity index (χ0v) is 26.1. The molecule has 9 nitrogen and oxygen atoms in total. The molecule has 5 rings (SSSR count). The van der Waals surface area contributed by atoms with Gasteiger partial charge in [0.2, 0.25) is 12.7 Å². The number of nitrogens with one attached hydrogen (secondary N) is 1. The van der Waals surface area contributed by atoms with E-state index in [0.717, 1.165) is 27.9 Å². The summed E-state index contributed by atoms with van der Waals surface area (Å²) in [7, 11) is 0. The first-order valence-corrected chi connectivity index (χ1v) is 15.5. The Kier molecular flexibility index (Phi) is 10.3. The monoisotopic (exact) mass is 622 g/mol. The average molecular weight is 623 g/mol. The molecule has 3 aromatic rings. The maximum atomic E-state index is 13.7. The topological polar surface area (TPSA) is 107 Å². The van der Waals surface area contributed by atoms with Gasteiger partial charge in [-0.15, -0.1) is 0 Å². The van der Waals surface area contributed by atoms with Gasteiger partial charge in [-0.1, -0.05) is 43.6 Å². The molecule has 0 aliphatic carbocycles. The number of rotatable bonds is 13. The summed E-state index contributed by atoms with van der Waals surface area (Å²) in [4.78, 5) is 28.6. The van der Waals surface area contributed by atoms with Crippen LogP contribution in [0.1, 0.15) is 55.0 Å². The van der Waals surface area contributed by atoms with Crippen molar-refractivity contribution in [2.45, 2.75) is 45.6 Å². The Bertz CT molecular complexity index is 1450. The molecule has 234 valence electrons. The summed E-state index contributed by atoms with van der Waals surface area (Å²) >= 11 is 6.34. The molecule has 0 aromatic heterocycles. The largest absolute Gasteiger partial charge is 0.491 e. The van der Waals surface area contributed by atoms with E-state index in [0.29, 0.717) is 61.5 Å². The van der Waals surface area contributed by atoms with Crippen LogP contribution in [-0.4, -0.2) is 61.6 Å². The zero-order valence-electron chi connectivity index (χ0n) is 25.3. The second-order valence-electron chi connectivity index (χ2n) is 10.9. The number of halogens is 1. The van der Waals surface area contributed by atoms with Gasteiger partial charge in [0, 0.05) is 35.8 Å². The van der Waals surface area contributed by atoms with Crippen LogP contribution in [-0.2, 0) is 27.2 Å². The van der Waals surface area contributed by atoms with Gasteiger partial charge in [0.1, 0.15) is 12.4 Å². The Labute approximate surface area is 263 Å². The lowest BCUT2D eigenvalue weighted by atomic mass is 9.82. The number of benzene rings is 3. The molecule has 2 aliphatic heterocycles. The van der Waals surface area contributed by atoms with Gasteiger partial charge in [-0.05, 0) is 78.4 Å². The number of aryl methyl sites for hydroxylation is 2. The van der Waals surface area contributed by atoms with Crippen LogP contribution < -0.4 is 19.5 Å². The third-order valence-electron chi connectivity index (χ3n) is 8.27. The predicted molar refractivity (Wildman–Crippen MR) is 168 cm³/mol. The fourth-order valence-electron chi connectivity index (χ4n) is 6.20. The molecule has 3 atom stereocenters. The van der Waals surface area contributed by atoms with Crippen molar-refractivity contribution in [3.05, 3.63) is 81.9 Å². The van der Waals surface area contributed by atoms with E-state index in [1.807, 2.05) is 80.3 Å².